The summed E-state index contributed by atoms with van der Waals surface area (Å²) in [5, 5.41) is 2.89. The summed E-state index contributed by atoms with van der Waals surface area (Å²) in [5.74, 6) is 0.358. The maximum atomic E-state index is 14.2. The summed E-state index contributed by atoms with van der Waals surface area (Å²) in [7, 11) is 0.175. The first-order chi connectivity index (χ1) is 20.0. The van der Waals surface area contributed by atoms with E-state index < -0.39 is 28.5 Å². The van der Waals surface area contributed by atoms with Crippen LogP contribution in [0.5, 0.6) is 17.2 Å². The van der Waals surface area contributed by atoms with E-state index in [1.165, 1.54) is 37.3 Å². The number of nitrogens with zero attached hydrogens (tertiary/aromatic N) is 2. The van der Waals surface area contributed by atoms with Gasteiger partial charge in [-0.2, -0.15) is 0 Å². The van der Waals surface area contributed by atoms with Gasteiger partial charge in [0.2, 0.25) is 11.8 Å². The molecule has 2 amide bonds. The lowest BCUT2D eigenvalue weighted by Crippen LogP contribution is -2.53. The third kappa shape index (κ3) is 7.73. The van der Waals surface area contributed by atoms with Crippen LogP contribution in [0.1, 0.15) is 32.8 Å². The van der Waals surface area contributed by atoms with Gasteiger partial charge < -0.3 is 24.4 Å². The van der Waals surface area contributed by atoms with Crippen molar-refractivity contribution in [3.05, 3.63) is 78.4 Å². The number of nitrogens with one attached hydrogen (secondary N) is 1. The molecule has 11 heteroatoms. The number of methoxy groups -OCH3 is 3. The molecule has 226 valence electrons. The Morgan fingerprint density at radius 3 is 2.02 bits per heavy atom. The van der Waals surface area contributed by atoms with Crippen molar-refractivity contribution >= 4 is 27.5 Å². The Balaban J connectivity index is 2.13. The van der Waals surface area contributed by atoms with E-state index in [0.29, 0.717) is 17.9 Å². The molecule has 0 heterocycles. The lowest BCUT2D eigenvalue weighted by atomic mass is 10.1. The van der Waals surface area contributed by atoms with Crippen molar-refractivity contribution in [3.8, 4) is 17.2 Å². The third-order valence-corrected chi connectivity index (χ3v) is 8.37. The van der Waals surface area contributed by atoms with E-state index in [9.17, 15) is 18.0 Å². The smallest absolute Gasteiger partial charge is 0.264 e. The molecule has 0 saturated heterocycles. The minimum Gasteiger partial charge on any atom is -0.497 e. The Morgan fingerprint density at radius 1 is 0.857 bits per heavy atom. The SMILES string of the molecule is CC[C@@H](C(=O)NC(C)C)N(Cc1ccc(OC)cc1)C(=O)CN(c1cc(OC)ccc1OC)S(=O)(=O)c1ccccc1. The van der Waals surface area contributed by atoms with Crippen molar-refractivity contribution < 1.29 is 32.2 Å². The fraction of sp³-hybridized carbons (Fsp3) is 0.355. The molecule has 0 radical (unpaired) electrons. The van der Waals surface area contributed by atoms with Crippen LogP contribution < -0.4 is 23.8 Å². The summed E-state index contributed by atoms with van der Waals surface area (Å²) in [6.45, 7) is 4.96. The highest BCUT2D eigenvalue weighted by Gasteiger charge is 2.35. The molecule has 3 aromatic carbocycles. The Bertz CT molecular complexity index is 1450. The molecule has 3 rings (SSSR count). The van der Waals surface area contributed by atoms with Gasteiger partial charge >= 0.3 is 0 Å². The van der Waals surface area contributed by atoms with Crippen LogP contribution in [0.4, 0.5) is 5.69 Å². The summed E-state index contributed by atoms with van der Waals surface area (Å²) in [4.78, 5) is 28.9. The molecule has 3 aromatic rings. The molecule has 1 atom stereocenters. The van der Waals surface area contributed by atoms with Crippen LogP contribution in [-0.4, -0.2) is 65.1 Å². The van der Waals surface area contributed by atoms with Crippen LogP contribution in [0.15, 0.2) is 77.7 Å². The second kappa shape index (κ2) is 14.6. The summed E-state index contributed by atoms with van der Waals surface area (Å²) in [6, 6.07) is 18.7. The number of anilines is 1. The van der Waals surface area contributed by atoms with Crippen LogP contribution in [0.2, 0.25) is 0 Å². The zero-order chi connectivity index (χ0) is 30.9. The average Bonchev–Trinajstić information content (AvgIpc) is 2.99. The van der Waals surface area contributed by atoms with Gasteiger partial charge in [0, 0.05) is 18.7 Å². The Labute approximate surface area is 248 Å². The first-order valence-corrected chi connectivity index (χ1v) is 15.0. The minimum absolute atomic E-state index is 0.00558. The van der Waals surface area contributed by atoms with Gasteiger partial charge in [-0.15, -0.1) is 0 Å². The minimum atomic E-state index is -4.26. The normalized spacial score (nSPS) is 11.9. The van der Waals surface area contributed by atoms with E-state index >= 15 is 0 Å². The van der Waals surface area contributed by atoms with Crippen LogP contribution >= 0.6 is 0 Å². The molecule has 42 heavy (non-hydrogen) atoms. The number of rotatable bonds is 14. The lowest BCUT2D eigenvalue weighted by Gasteiger charge is -2.34. The Hall–Kier alpha value is -4.25. The Morgan fingerprint density at radius 2 is 1.48 bits per heavy atom. The zero-order valence-electron chi connectivity index (χ0n) is 24.9. The average molecular weight is 598 g/mol. The highest BCUT2D eigenvalue weighted by Crippen LogP contribution is 2.36. The summed E-state index contributed by atoms with van der Waals surface area (Å²) in [6.07, 6.45) is 0.314. The van der Waals surface area contributed by atoms with Crippen LogP contribution in [0.25, 0.3) is 0 Å². The van der Waals surface area contributed by atoms with Gasteiger partial charge in [-0.3, -0.25) is 13.9 Å². The number of amides is 2. The molecule has 0 aliphatic carbocycles. The van der Waals surface area contributed by atoms with Gasteiger partial charge in [-0.1, -0.05) is 37.3 Å². The van der Waals surface area contributed by atoms with E-state index in [4.69, 9.17) is 14.2 Å². The maximum Gasteiger partial charge on any atom is 0.264 e. The van der Waals surface area contributed by atoms with Gasteiger partial charge in [0.15, 0.2) is 0 Å². The van der Waals surface area contributed by atoms with Gasteiger partial charge in [0.25, 0.3) is 10.0 Å². The molecular formula is C31H39N3O7S. The van der Waals surface area contributed by atoms with Gasteiger partial charge in [-0.25, -0.2) is 8.42 Å². The first kappa shape index (κ1) is 32.3. The molecule has 0 unspecified atom stereocenters. The number of hydrogen-bond donors (Lipinski definition) is 1. The number of benzene rings is 3. The van der Waals surface area contributed by atoms with Crippen molar-refractivity contribution in [3.63, 3.8) is 0 Å². The highest BCUT2D eigenvalue weighted by molar-refractivity contribution is 7.92. The van der Waals surface area contributed by atoms with Crippen LogP contribution in [0, 0.1) is 0 Å². The fourth-order valence-corrected chi connectivity index (χ4v) is 5.89. The third-order valence-electron chi connectivity index (χ3n) is 6.59. The van der Waals surface area contributed by atoms with Gasteiger partial charge in [0.05, 0.1) is 31.9 Å². The molecule has 0 spiro atoms. The van der Waals surface area contributed by atoms with E-state index in [0.717, 1.165) is 9.87 Å². The van der Waals surface area contributed by atoms with Gasteiger partial charge in [0.1, 0.15) is 29.8 Å². The van der Waals surface area contributed by atoms with Crippen molar-refractivity contribution in [2.45, 2.75) is 50.7 Å². The lowest BCUT2D eigenvalue weighted by molar-refractivity contribution is -0.140. The molecule has 1 N–H and O–H groups in total. The predicted octanol–water partition coefficient (Wildman–Crippen LogP) is 4.24. The zero-order valence-corrected chi connectivity index (χ0v) is 25.7. The summed E-state index contributed by atoms with van der Waals surface area (Å²) < 4.78 is 45.3. The van der Waals surface area contributed by atoms with Crippen LogP contribution in [-0.2, 0) is 26.2 Å². The first-order valence-electron chi connectivity index (χ1n) is 13.6. The quantitative estimate of drug-likeness (QED) is 0.296. The second-order valence-electron chi connectivity index (χ2n) is 9.82. The highest BCUT2D eigenvalue weighted by atomic mass is 32.2. The number of carbonyl (C=O) groups excluding carboxylic acids is 2. The van der Waals surface area contributed by atoms with Gasteiger partial charge in [-0.05, 0) is 62.2 Å². The van der Waals surface area contributed by atoms with E-state index in [1.54, 1.807) is 61.7 Å². The molecular weight excluding hydrogens is 558 g/mol. The van der Waals surface area contributed by atoms with E-state index in [-0.39, 0.29) is 34.8 Å². The molecule has 0 aliphatic heterocycles. The Kier molecular flexibility index (Phi) is 11.2. The maximum absolute atomic E-state index is 14.2. The fourth-order valence-electron chi connectivity index (χ4n) is 4.45. The van der Waals surface area contributed by atoms with E-state index in [2.05, 4.69) is 5.32 Å². The second-order valence-corrected chi connectivity index (χ2v) is 11.7. The summed E-state index contributed by atoms with van der Waals surface area (Å²) >= 11 is 0. The molecule has 0 aliphatic rings. The van der Waals surface area contributed by atoms with Crippen LogP contribution in [0.3, 0.4) is 0 Å². The van der Waals surface area contributed by atoms with Crippen molar-refractivity contribution in [1.29, 1.82) is 0 Å². The van der Waals surface area contributed by atoms with E-state index in [1.807, 2.05) is 20.8 Å². The number of ether oxygens (including phenoxy) is 3. The predicted molar refractivity (Wildman–Crippen MR) is 161 cm³/mol. The standard InChI is InChI=1S/C31H39N3O7S/c1-7-27(31(36)32-22(2)3)33(20-23-13-15-24(39-4)16-14-23)30(35)21-34(42(37,38)26-11-9-8-10-12-26)28-19-25(40-5)17-18-29(28)41-6/h8-19,22,27H,7,20-21H2,1-6H3,(H,32,36)/t27-/m0/s1. The van der Waals surface area contributed by atoms with Crippen molar-refractivity contribution in [1.82, 2.24) is 10.2 Å². The number of carbonyl (C=O) groups is 2. The molecule has 0 saturated carbocycles. The largest absolute Gasteiger partial charge is 0.497 e. The monoisotopic (exact) mass is 597 g/mol. The number of hydrogen-bond acceptors (Lipinski definition) is 7. The van der Waals surface area contributed by atoms with Crippen molar-refractivity contribution in [2.75, 3.05) is 32.2 Å². The topological polar surface area (TPSA) is 114 Å². The molecule has 0 bridgehead atoms. The molecule has 0 fully saturated rings. The molecule has 0 aromatic heterocycles. The molecule has 10 nitrogen and oxygen atoms in total. The number of sulfonamides is 1. The van der Waals surface area contributed by atoms with Crippen molar-refractivity contribution in [2.24, 2.45) is 0 Å². The summed E-state index contributed by atoms with van der Waals surface area (Å²) in [5.41, 5.74) is 0.870.